The molecule has 134 valence electrons. The zero-order valence-electron chi connectivity index (χ0n) is 14.9. The van der Waals surface area contributed by atoms with Crippen molar-refractivity contribution in [1.82, 2.24) is 10.3 Å². The average molecular weight is 344 g/mol. The number of benzene rings is 1. The maximum atomic E-state index is 12.4. The summed E-state index contributed by atoms with van der Waals surface area (Å²) in [7, 11) is 1.57. The molecule has 0 spiro atoms. The lowest BCUT2D eigenvalue weighted by atomic mass is 10.0. The molecule has 2 unspecified atom stereocenters. The molecule has 2 atom stereocenters. The van der Waals surface area contributed by atoms with Gasteiger partial charge in [0.05, 0.1) is 17.0 Å². The van der Waals surface area contributed by atoms with E-state index in [1.165, 1.54) is 12.1 Å². The molecule has 6 heteroatoms. The highest BCUT2D eigenvalue weighted by molar-refractivity contribution is 5.90. The fourth-order valence-electron chi connectivity index (χ4n) is 2.26. The molecule has 25 heavy (non-hydrogen) atoms. The van der Waals surface area contributed by atoms with Crippen molar-refractivity contribution in [3.05, 3.63) is 65.0 Å². The fourth-order valence-corrected chi connectivity index (χ4v) is 2.26. The second kappa shape index (κ2) is 7.74. The predicted molar refractivity (Wildman–Crippen MR) is 93.9 cm³/mol. The van der Waals surface area contributed by atoms with Crippen LogP contribution in [0.2, 0.25) is 0 Å². The van der Waals surface area contributed by atoms with E-state index in [1.807, 2.05) is 6.07 Å². The summed E-state index contributed by atoms with van der Waals surface area (Å²) in [5.41, 5.74) is 0.704. The van der Waals surface area contributed by atoms with Crippen LogP contribution in [0, 0.1) is 0 Å². The number of aromatic nitrogens is 1. The van der Waals surface area contributed by atoms with Gasteiger partial charge in [-0.15, -0.1) is 0 Å². The SMILES string of the molecule is CNC(O)c1cc(C(=O)OC(C)(C)C)cc(C(O)c2ccccc2)n1. The summed E-state index contributed by atoms with van der Waals surface area (Å²) < 4.78 is 5.38. The Morgan fingerprint density at radius 2 is 1.72 bits per heavy atom. The minimum absolute atomic E-state index is 0.221. The fraction of sp³-hybridized carbons (Fsp3) is 0.368. The van der Waals surface area contributed by atoms with Gasteiger partial charge in [0.2, 0.25) is 0 Å². The monoisotopic (exact) mass is 344 g/mol. The van der Waals surface area contributed by atoms with Gasteiger partial charge in [-0.25, -0.2) is 4.79 Å². The lowest BCUT2D eigenvalue weighted by Crippen LogP contribution is -2.25. The second-order valence-electron chi connectivity index (χ2n) is 6.71. The number of pyridine rings is 1. The molecule has 3 N–H and O–H groups in total. The minimum Gasteiger partial charge on any atom is -0.456 e. The van der Waals surface area contributed by atoms with Gasteiger partial charge in [0.1, 0.15) is 17.9 Å². The highest BCUT2D eigenvalue weighted by atomic mass is 16.6. The summed E-state index contributed by atoms with van der Waals surface area (Å²) in [5, 5.41) is 23.3. The van der Waals surface area contributed by atoms with E-state index in [4.69, 9.17) is 4.74 Å². The first-order valence-electron chi connectivity index (χ1n) is 8.05. The number of aliphatic hydroxyl groups excluding tert-OH is 2. The van der Waals surface area contributed by atoms with Gasteiger partial charge in [0, 0.05) is 0 Å². The summed E-state index contributed by atoms with van der Waals surface area (Å²) >= 11 is 0. The molecule has 0 saturated heterocycles. The van der Waals surface area contributed by atoms with Crippen LogP contribution >= 0.6 is 0 Å². The Morgan fingerprint density at radius 3 is 2.28 bits per heavy atom. The Hall–Kier alpha value is -2.28. The van der Waals surface area contributed by atoms with Crippen LogP contribution in [0.5, 0.6) is 0 Å². The van der Waals surface area contributed by atoms with Crippen molar-refractivity contribution in [3.8, 4) is 0 Å². The number of carbonyl (C=O) groups is 1. The highest BCUT2D eigenvalue weighted by Gasteiger charge is 2.22. The molecule has 6 nitrogen and oxygen atoms in total. The van der Waals surface area contributed by atoms with Crippen LogP contribution < -0.4 is 5.32 Å². The number of hydrogen-bond acceptors (Lipinski definition) is 6. The summed E-state index contributed by atoms with van der Waals surface area (Å²) in [4.78, 5) is 16.7. The molecule has 1 heterocycles. The summed E-state index contributed by atoms with van der Waals surface area (Å²) in [6.07, 6.45) is -2.09. The van der Waals surface area contributed by atoms with Crippen molar-refractivity contribution in [1.29, 1.82) is 0 Å². The van der Waals surface area contributed by atoms with Crippen molar-refractivity contribution < 1.29 is 19.7 Å². The third kappa shape index (κ3) is 5.09. The smallest absolute Gasteiger partial charge is 0.338 e. The van der Waals surface area contributed by atoms with Gasteiger partial charge >= 0.3 is 5.97 Å². The van der Waals surface area contributed by atoms with Gasteiger partial charge in [-0.3, -0.25) is 10.3 Å². The van der Waals surface area contributed by atoms with Crippen molar-refractivity contribution in [3.63, 3.8) is 0 Å². The third-order valence-electron chi connectivity index (χ3n) is 3.45. The molecule has 0 fully saturated rings. The maximum absolute atomic E-state index is 12.4. The number of carbonyl (C=O) groups excluding carboxylic acids is 1. The van der Waals surface area contributed by atoms with E-state index < -0.39 is 23.9 Å². The summed E-state index contributed by atoms with van der Waals surface area (Å²) in [6, 6.07) is 11.9. The second-order valence-corrected chi connectivity index (χ2v) is 6.71. The molecular weight excluding hydrogens is 320 g/mol. The average Bonchev–Trinajstić information content (AvgIpc) is 2.59. The van der Waals surface area contributed by atoms with Crippen LogP contribution in [0.3, 0.4) is 0 Å². The molecule has 0 aliphatic rings. The summed E-state index contributed by atoms with van der Waals surface area (Å²) in [6.45, 7) is 5.32. The van der Waals surface area contributed by atoms with E-state index in [1.54, 1.807) is 52.1 Å². The molecule has 0 radical (unpaired) electrons. The first kappa shape index (κ1) is 19.1. The van der Waals surface area contributed by atoms with Crippen LogP contribution in [0.15, 0.2) is 42.5 Å². The van der Waals surface area contributed by atoms with Crippen LogP contribution in [-0.4, -0.2) is 33.8 Å². The largest absolute Gasteiger partial charge is 0.456 e. The lowest BCUT2D eigenvalue weighted by Gasteiger charge is -2.21. The van der Waals surface area contributed by atoms with Gasteiger partial charge in [-0.05, 0) is 45.5 Å². The Kier molecular flexibility index (Phi) is 5.89. The first-order chi connectivity index (χ1) is 11.7. The normalized spacial score (nSPS) is 14.0. The predicted octanol–water partition coefficient (Wildman–Crippen LogP) is 2.33. The number of aliphatic hydroxyl groups is 2. The molecule has 0 aliphatic carbocycles. The van der Waals surface area contributed by atoms with Crippen molar-refractivity contribution in [2.24, 2.45) is 0 Å². The zero-order valence-corrected chi connectivity index (χ0v) is 14.9. The molecular formula is C19H24N2O4. The molecule has 2 rings (SSSR count). The number of rotatable bonds is 5. The van der Waals surface area contributed by atoms with E-state index in [-0.39, 0.29) is 17.0 Å². The molecule has 0 aliphatic heterocycles. The Morgan fingerprint density at radius 1 is 1.12 bits per heavy atom. The van der Waals surface area contributed by atoms with Crippen molar-refractivity contribution >= 4 is 5.97 Å². The minimum atomic E-state index is -1.07. The van der Waals surface area contributed by atoms with Gasteiger partial charge < -0.3 is 14.9 Å². The highest BCUT2D eigenvalue weighted by Crippen LogP contribution is 2.24. The number of esters is 1. The lowest BCUT2D eigenvalue weighted by molar-refractivity contribution is 0.00687. The Bertz CT molecular complexity index is 726. The number of nitrogens with zero attached hydrogens (tertiary/aromatic N) is 1. The van der Waals surface area contributed by atoms with Gasteiger partial charge in [-0.2, -0.15) is 0 Å². The Labute approximate surface area is 147 Å². The topological polar surface area (TPSA) is 91.7 Å². The molecule has 0 amide bonds. The van der Waals surface area contributed by atoms with Crippen LogP contribution in [0.25, 0.3) is 0 Å². The molecule has 2 aromatic rings. The van der Waals surface area contributed by atoms with Crippen LogP contribution in [0.4, 0.5) is 0 Å². The van der Waals surface area contributed by atoms with Crippen molar-refractivity contribution in [2.75, 3.05) is 7.05 Å². The molecule has 0 bridgehead atoms. The van der Waals surface area contributed by atoms with E-state index in [2.05, 4.69) is 10.3 Å². The van der Waals surface area contributed by atoms with Crippen molar-refractivity contribution in [2.45, 2.75) is 38.7 Å². The first-order valence-corrected chi connectivity index (χ1v) is 8.05. The van der Waals surface area contributed by atoms with E-state index in [9.17, 15) is 15.0 Å². The van der Waals surface area contributed by atoms with Gasteiger partial charge in [-0.1, -0.05) is 30.3 Å². The van der Waals surface area contributed by atoms with E-state index >= 15 is 0 Å². The van der Waals surface area contributed by atoms with E-state index in [0.717, 1.165) is 0 Å². The number of hydrogen-bond donors (Lipinski definition) is 3. The molecule has 0 saturated carbocycles. The molecule has 1 aromatic carbocycles. The van der Waals surface area contributed by atoms with Crippen LogP contribution in [0.1, 0.15) is 60.4 Å². The zero-order chi connectivity index (χ0) is 18.6. The third-order valence-corrected chi connectivity index (χ3v) is 3.45. The van der Waals surface area contributed by atoms with Crippen LogP contribution in [-0.2, 0) is 4.74 Å². The standard InChI is InChI=1S/C19H24N2O4/c1-19(2,3)25-18(24)13-10-14(21-15(11-13)17(23)20-4)16(22)12-8-6-5-7-9-12/h5-11,16-17,20,22-23H,1-4H3. The summed E-state index contributed by atoms with van der Waals surface area (Å²) in [5.74, 6) is -0.541. The maximum Gasteiger partial charge on any atom is 0.338 e. The van der Waals surface area contributed by atoms with Gasteiger partial charge in [0.15, 0.2) is 0 Å². The number of ether oxygens (including phenoxy) is 1. The van der Waals surface area contributed by atoms with E-state index in [0.29, 0.717) is 5.56 Å². The Balaban J connectivity index is 2.45. The quantitative estimate of drug-likeness (QED) is 0.570. The number of nitrogens with one attached hydrogen (secondary N) is 1. The molecule has 1 aromatic heterocycles. The van der Waals surface area contributed by atoms with Gasteiger partial charge in [0.25, 0.3) is 0 Å².